The Labute approximate surface area is 174 Å². The maximum atomic E-state index is 15.9. The van der Waals surface area contributed by atoms with Crippen LogP contribution in [0.3, 0.4) is 0 Å². The number of hydrogen-bond donors (Lipinski definition) is 2. The van der Waals surface area contributed by atoms with Crippen molar-refractivity contribution in [1.29, 1.82) is 0 Å². The molecule has 0 aliphatic carbocycles. The molecule has 0 bridgehead atoms. The van der Waals surface area contributed by atoms with Gasteiger partial charge in [0.2, 0.25) is 0 Å². The minimum Gasteiger partial charge on any atom is -0.444 e. The highest BCUT2D eigenvalue weighted by Gasteiger charge is 2.42. The second-order valence-electron chi connectivity index (χ2n) is 8.75. The molecular weight excluding hydrogens is 385 g/mol. The lowest BCUT2D eigenvalue weighted by molar-refractivity contribution is -0.00876. The molecule has 1 aliphatic heterocycles. The molecule has 7 nitrogen and oxygen atoms in total. The van der Waals surface area contributed by atoms with Crippen LogP contribution in [0.2, 0.25) is 0 Å². The van der Waals surface area contributed by atoms with Gasteiger partial charge in [0.15, 0.2) is 11.3 Å². The summed E-state index contributed by atoms with van der Waals surface area (Å²) in [4.78, 5) is 25.9. The highest BCUT2D eigenvalue weighted by atomic mass is 19.1. The number of nitrogens with zero attached hydrogens (tertiary/aromatic N) is 3. The number of imidazole rings is 1. The number of amides is 1. The second-order valence-corrected chi connectivity index (χ2v) is 8.75. The fraction of sp³-hybridized carbons (Fsp3) is 0.409. The summed E-state index contributed by atoms with van der Waals surface area (Å²) >= 11 is 0. The van der Waals surface area contributed by atoms with Crippen molar-refractivity contribution < 1.29 is 13.9 Å². The van der Waals surface area contributed by atoms with Gasteiger partial charge in [-0.05, 0) is 57.9 Å². The van der Waals surface area contributed by atoms with Crippen LogP contribution in [0.5, 0.6) is 0 Å². The molecule has 8 heteroatoms. The Morgan fingerprint density at radius 3 is 2.80 bits per heavy atom. The zero-order valence-corrected chi connectivity index (χ0v) is 17.4. The van der Waals surface area contributed by atoms with Crippen molar-refractivity contribution >= 4 is 22.9 Å². The maximum Gasteiger partial charge on any atom is 0.410 e. The van der Waals surface area contributed by atoms with Gasteiger partial charge in [-0.2, -0.15) is 0 Å². The minimum absolute atomic E-state index is 0.107. The predicted octanol–water partition coefficient (Wildman–Crippen LogP) is 4.40. The Hall–Kier alpha value is -3.16. The summed E-state index contributed by atoms with van der Waals surface area (Å²) in [6, 6.07) is 11.1. The first-order chi connectivity index (χ1) is 14.1. The van der Waals surface area contributed by atoms with Gasteiger partial charge in [0.05, 0.1) is 17.8 Å². The first-order valence-electron chi connectivity index (χ1n) is 10.0. The summed E-state index contributed by atoms with van der Waals surface area (Å²) in [5.74, 6) is 0.183. The van der Waals surface area contributed by atoms with Crippen LogP contribution < -0.4 is 5.73 Å². The molecule has 1 saturated heterocycles. The molecule has 0 radical (unpaired) electrons. The van der Waals surface area contributed by atoms with Crippen LogP contribution in [0.1, 0.15) is 39.4 Å². The van der Waals surface area contributed by atoms with Crippen LogP contribution in [-0.4, -0.2) is 44.6 Å². The third-order valence-electron chi connectivity index (χ3n) is 5.05. The number of piperidine rings is 1. The lowest BCUT2D eigenvalue weighted by Crippen LogP contribution is -2.48. The van der Waals surface area contributed by atoms with Crippen LogP contribution in [0, 0.1) is 0 Å². The quantitative estimate of drug-likeness (QED) is 0.609. The monoisotopic (exact) mass is 411 g/mol. The van der Waals surface area contributed by atoms with E-state index in [1.165, 1.54) is 4.90 Å². The minimum atomic E-state index is -1.78. The summed E-state index contributed by atoms with van der Waals surface area (Å²) in [7, 11) is 0. The van der Waals surface area contributed by atoms with Crippen LogP contribution in [-0.2, 0) is 10.4 Å². The highest BCUT2D eigenvalue weighted by Crippen LogP contribution is 2.35. The fourth-order valence-corrected chi connectivity index (χ4v) is 3.65. The number of likely N-dealkylation sites (tertiary alicyclic amines) is 1. The number of aromatic amines is 1. The van der Waals surface area contributed by atoms with Gasteiger partial charge in [0.25, 0.3) is 0 Å². The third-order valence-corrected chi connectivity index (χ3v) is 5.05. The number of nitrogens with two attached hydrogens (primary N) is 1. The highest BCUT2D eigenvalue weighted by molar-refractivity contribution is 5.76. The van der Waals surface area contributed by atoms with Crippen LogP contribution in [0.25, 0.3) is 22.4 Å². The Morgan fingerprint density at radius 2 is 2.07 bits per heavy atom. The van der Waals surface area contributed by atoms with Gasteiger partial charge in [-0.1, -0.05) is 12.1 Å². The first-order valence-corrected chi connectivity index (χ1v) is 10.0. The topological polar surface area (TPSA) is 97.1 Å². The average Bonchev–Trinajstić information content (AvgIpc) is 3.11. The van der Waals surface area contributed by atoms with Crippen molar-refractivity contribution in [1.82, 2.24) is 19.9 Å². The number of carbonyl (C=O) groups excluding carboxylic acids is 1. The number of nitrogen functional groups attached to an aromatic ring is 1. The number of hydrogen-bond acceptors (Lipinski definition) is 5. The SMILES string of the molecule is CC(C)(C)OC(=O)N1CCCC(F)(c2nc3nc(-c4cccc(N)c4)ccc3[nH]2)C1. The standard InChI is InChI=1S/C22H26FN5O2/c1-21(2,3)30-20(29)28-11-5-10-22(23,13-28)19-26-17-9-8-16(25-18(17)27-19)14-6-4-7-15(24)12-14/h4,6-9,12H,5,10-11,13,24H2,1-3H3,(H,25,26,27). The van der Waals surface area contributed by atoms with Crippen molar-refractivity contribution in [3.63, 3.8) is 0 Å². The largest absolute Gasteiger partial charge is 0.444 e. The first kappa shape index (κ1) is 20.1. The number of pyridine rings is 1. The number of rotatable bonds is 2. The van der Waals surface area contributed by atoms with Crippen molar-refractivity contribution in [2.45, 2.75) is 44.9 Å². The van der Waals surface area contributed by atoms with Gasteiger partial charge in [-0.25, -0.2) is 19.2 Å². The number of H-pyrrole nitrogens is 1. The molecular formula is C22H26FN5O2. The van der Waals surface area contributed by atoms with E-state index in [9.17, 15) is 4.79 Å². The Kier molecular flexibility index (Phi) is 4.88. The lowest BCUT2D eigenvalue weighted by Gasteiger charge is -2.36. The number of alkyl halides is 1. The normalized spacial score (nSPS) is 19.8. The molecule has 1 amide bonds. The number of anilines is 1. The molecule has 3 heterocycles. The molecule has 4 rings (SSSR count). The Bertz CT molecular complexity index is 1090. The zero-order chi connectivity index (χ0) is 21.5. The lowest BCUT2D eigenvalue weighted by atomic mass is 9.94. The summed E-state index contributed by atoms with van der Waals surface area (Å²) in [6.07, 6.45) is 0.283. The Balaban J connectivity index is 1.61. The molecule has 1 fully saturated rings. The van der Waals surface area contributed by atoms with Crippen molar-refractivity contribution in [2.75, 3.05) is 18.8 Å². The molecule has 30 heavy (non-hydrogen) atoms. The molecule has 0 saturated carbocycles. The van der Waals surface area contributed by atoms with Crippen molar-refractivity contribution in [3.05, 3.63) is 42.2 Å². The number of benzene rings is 1. The molecule has 1 aliphatic rings. The molecule has 3 N–H and O–H groups in total. The van der Waals surface area contributed by atoms with Crippen LogP contribution in [0.15, 0.2) is 36.4 Å². The van der Waals surface area contributed by atoms with Crippen LogP contribution >= 0.6 is 0 Å². The predicted molar refractivity (Wildman–Crippen MR) is 114 cm³/mol. The fourth-order valence-electron chi connectivity index (χ4n) is 3.65. The third kappa shape index (κ3) is 4.08. The van der Waals surface area contributed by atoms with Crippen LogP contribution in [0.4, 0.5) is 14.9 Å². The van der Waals surface area contributed by atoms with Crippen molar-refractivity contribution in [3.8, 4) is 11.3 Å². The molecule has 1 unspecified atom stereocenters. The van der Waals surface area contributed by atoms with Gasteiger partial charge >= 0.3 is 6.09 Å². The number of halogens is 1. The number of carbonyl (C=O) groups is 1. The molecule has 0 spiro atoms. The molecule has 1 atom stereocenters. The molecule has 158 valence electrons. The molecule has 1 aromatic carbocycles. The average molecular weight is 411 g/mol. The number of fused-ring (bicyclic) bond motifs is 1. The van der Waals surface area contributed by atoms with E-state index < -0.39 is 17.4 Å². The van der Waals surface area contributed by atoms with E-state index >= 15 is 4.39 Å². The molecule has 3 aromatic rings. The summed E-state index contributed by atoms with van der Waals surface area (Å²) in [5.41, 5.74) is 6.73. The number of ether oxygens (including phenoxy) is 1. The van der Waals surface area contributed by atoms with E-state index in [0.717, 1.165) is 5.56 Å². The number of nitrogens with one attached hydrogen (secondary N) is 1. The van der Waals surface area contributed by atoms with Crippen molar-refractivity contribution in [2.24, 2.45) is 0 Å². The van der Waals surface area contributed by atoms with E-state index in [-0.39, 0.29) is 18.8 Å². The van der Waals surface area contributed by atoms with E-state index in [0.29, 0.717) is 35.5 Å². The van der Waals surface area contributed by atoms with Gasteiger partial charge in [-0.3, -0.25) is 0 Å². The summed E-state index contributed by atoms with van der Waals surface area (Å²) < 4.78 is 21.3. The number of aromatic nitrogens is 3. The van der Waals surface area contributed by atoms with Gasteiger partial charge < -0.3 is 20.4 Å². The maximum absolute atomic E-state index is 15.9. The summed E-state index contributed by atoms with van der Waals surface area (Å²) in [6.45, 7) is 5.73. The Morgan fingerprint density at radius 1 is 1.27 bits per heavy atom. The van der Waals surface area contributed by atoms with Gasteiger partial charge in [-0.15, -0.1) is 0 Å². The van der Waals surface area contributed by atoms with Gasteiger partial charge in [0.1, 0.15) is 11.4 Å². The summed E-state index contributed by atoms with van der Waals surface area (Å²) in [5, 5.41) is 0. The van der Waals surface area contributed by atoms with Gasteiger partial charge in [0, 0.05) is 17.8 Å². The van der Waals surface area contributed by atoms with E-state index in [1.54, 1.807) is 26.8 Å². The smallest absolute Gasteiger partial charge is 0.410 e. The van der Waals surface area contributed by atoms with E-state index in [4.69, 9.17) is 10.5 Å². The van der Waals surface area contributed by atoms with E-state index in [1.807, 2.05) is 30.3 Å². The zero-order valence-electron chi connectivity index (χ0n) is 17.4. The van der Waals surface area contributed by atoms with E-state index in [2.05, 4.69) is 15.0 Å². The molecule has 2 aromatic heterocycles. The second kappa shape index (κ2) is 7.27.